The molecule has 0 spiro atoms. The number of rotatable bonds is 2. The number of fused-ring (bicyclic) bond motifs is 2. The van der Waals surface area contributed by atoms with Gasteiger partial charge in [0.05, 0.1) is 9.75 Å². The van der Waals surface area contributed by atoms with Crippen molar-refractivity contribution in [3.63, 3.8) is 0 Å². The van der Waals surface area contributed by atoms with Crippen LogP contribution >= 0.6 is 22.7 Å². The maximum absolute atomic E-state index is 13.0. The fraction of sp³-hybridized carbons (Fsp3) is 0.105. The van der Waals surface area contributed by atoms with Gasteiger partial charge in [0.1, 0.15) is 0 Å². The first kappa shape index (κ1) is 13.7. The lowest BCUT2D eigenvalue weighted by molar-refractivity contribution is 0.104. The SMILES string of the molecule is Cc1c(C(=O)c2sc3ccccc3c2C)sc2ccccc12. The van der Waals surface area contributed by atoms with Crippen LogP contribution in [0.25, 0.3) is 20.2 Å². The van der Waals surface area contributed by atoms with Crippen LogP contribution in [0.1, 0.15) is 25.7 Å². The van der Waals surface area contributed by atoms with Gasteiger partial charge in [-0.15, -0.1) is 22.7 Å². The molecule has 108 valence electrons. The van der Waals surface area contributed by atoms with Gasteiger partial charge in [-0.3, -0.25) is 4.79 Å². The Bertz CT molecular complexity index is 938. The van der Waals surface area contributed by atoms with Gasteiger partial charge in [-0.05, 0) is 47.9 Å². The van der Waals surface area contributed by atoms with Gasteiger partial charge in [0.15, 0.2) is 0 Å². The van der Waals surface area contributed by atoms with Crippen molar-refractivity contribution in [1.29, 1.82) is 0 Å². The van der Waals surface area contributed by atoms with Crippen LogP contribution in [0.3, 0.4) is 0 Å². The standard InChI is InChI=1S/C19H14OS2/c1-11-13-7-3-5-9-15(13)21-18(11)17(20)19-12(2)14-8-4-6-10-16(14)22-19/h3-10H,1-2H3. The third kappa shape index (κ3) is 1.93. The van der Waals surface area contributed by atoms with Gasteiger partial charge < -0.3 is 0 Å². The van der Waals surface area contributed by atoms with Crippen LogP contribution in [0.15, 0.2) is 48.5 Å². The third-order valence-corrected chi connectivity index (χ3v) is 6.64. The summed E-state index contributed by atoms with van der Waals surface area (Å²) in [6.07, 6.45) is 0. The number of carbonyl (C=O) groups is 1. The topological polar surface area (TPSA) is 17.1 Å². The zero-order valence-electron chi connectivity index (χ0n) is 12.3. The highest BCUT2D eigenvalue weighted by atomic mass is 32.1. The molecule has 0 amide bonds. The Kier molecular flexibility index (Phi) is 3.13. The number of hydrogen-bond donors (Lipinski definition) is 0. The second kappa shape index (κ2) is 5.04. The predicted molar refractivity (Wildman–Crippen MR) is 96.6 cm³/mol. The highest BCUT2D eigenvalue weighted by Gasteiger charge is 2.21. The van der Waals surface area contributed by atoms with Crippen LogP contribution in [0.5, 0.6) is 0 Å². The molecule has 2 aromatic heterocycles. The highest BCUT2D eigenvalue weighted by molar-refractivity contribution is 7.24. The third-order valence-electron chi connectivity index (χ3n) is 4.10. The molecule has 22 heavy (non-hydrogen) atoms. The molecule has 0 aliphatic heterocycles. The molecular formula is C19H14OS2. The fourth-order valence-electron chi connectivity index (χ4n) is 2.88. The largest absolute Gasteiger partial charge is 0.287 e. The monoisotopic (exact) mass is 322 g/mol. The summed E-state index contributed by atoms with van der Waals surface area (Å²) in [6, 6.07) is 16.5. The van der Waals surface area contributed by atoms with Crippen molar-refractivity contribution < 1.29 is 4.79 Å². The van der Waals surface area contributed by atoms with E-state index in [1.165, 1.54) is 20.2 Å². The van der Waals surface area contributed by atoms with Crippen molar-refractivity contribution in [1.82, 2.24) is 0 Å². The molecule has 0 aliphatic carbocycles. The molecule has 0 bridgehead atoms. The molecule has 0 radical (unpaired) electrons. The Balaban J connectivity index is 1.92. The van der Waals surface area contributed by atoms with Crippen molar-refractivity contribution in [3.05, 3.63) is 69.4 Å². The second-order valence-electron chi connectivity index (χ2n) is 5.43. The molecule has 2 heterocycles. The molecule has 0 aliphatic rings. The van der Waals surface area contributed by atoms with Gasteiger partial charge in [0.25, 0.3) is 0 Å². The number of thiophene rings is 2. The van der Waals surface area contributed by atoms with Crippen LogP contribution in [-0.4, -0.2) is 5.78 Å². The summed E-state index contributed by atoms with van der Waals surface area (Å²) in [5.41, 5.74) is 2.20. The minimum Gasteiger partial charge on any atom is -0.287 e. The molecule has 0 fully saturated rings. The van der Waals surface area contributed by atoms with Gasteiger partial charge in [0.2, 0.25) is 5.78 Å². The lowest BCUT2D eigenvalue weighted by Gasteiger charge is -1.98. The van der Waals surface area contributed by atoms with Crippen LogP contribution in [0, 0.1) is 13.8 Å². The first-order valence-electron chi connectivity index (χ1n) is 7.18. The molecule has 4 rings (SSSR count). The van der Waals surface area contributed by atoms with Crippen molar-refractivity contribution in [3.8, 4) is 0 Å². The van der Waals surface area contributed by atoms with Gasteiger partial charge in [-0.2, -0.15) is 0 Å². The van der Waals surface area contributed by atoms with Gasteiger partial charge >= 0.3 is 0 Å². The van der Waals surface area contributed by atoms with E-state index in [4.69, 9.17) is 0 Å². The minimum atomic E-state index is 0.164. The van der Waals surface area contributed by atoms with E-state index in [0.29, 0.717) is 0 Å². The van der Waals surface area contributed by atoms with Gasteiger partial charge in [-0.1, -0.05) is 36.4 Å². The average molecular weight is 322 g/mol. The summed E-state index contributed by atoms with van der Waals surface area (Å²) in [6.45, 7) is 4.10. The molecular weight excluding hydrogens is 308 g/mol. The Morgan fingerprint density at radius 3 is 1.55 bits per heavy atom. The van der Waals surface area contributed by atoms with Gasteiger partial charge in [0, 0.05) is 9.40 Å². The van der Waals surface area contributed by atoms with E-state index >= 15 is 0 Å². The fourth-order valence-corrected chi connectivity index (χ4v) is 5.26. The summed E-state index contributed by atoms with van der Waals surface area (Å²) in [5.74, 6) is 0.164. The first-order valence-corrected chi connectivity index (χ1v) is 8.81. The molecule has 1 nitrogen and oxygen atoms in total. The van der Waals surface area contributed by atoms with E-state index in [1.807, 2.05) is 24.3 Å². The van der Waals surface area contributed by atoms with E-state index in [9.17, 15) is 4.79 Å². The van der Waals surface area contributed by atoms with Crippen LogP contribution in [0.4, 0.5) is 0 Å². The molecule has 0 atom stereocenters. The van der Waals surface area contributed by atoms with Crippen molar-refractivity contribution in [2.75, 3.05) is 0 Å². The predicted octanol–water partition coefficient (Wildman–Crippen LogP) is 5.96. The smallest absolute Gasteiger partial charge is 0.213 e. The summed E-state index contributed by atoms with van der Waals surface area (Å²) < 4.78 is 2.37. The van der Waals surface area contributed by atoms with Crippen molar-refractivity contribution in [2.24, 2.45) is 0 Å². The van der Waals surface area contributed by atoms with Crippen LogP contribution in [-0.2, 0) is 0 Å². The van der Waals surface area contributed by atoms with Crippen LogP contribution in [0.2, 0.25) is 0 Å². The highest BCUT2D eigenvalue weighted by Crippen LogP contribution is 2.37. The minimum absolute atomic E-state index is 0.164. The molecule has 0 saturated carbocycles. The summed E-state index contributed by atoms with van der Waals surface area (Å²) in [4.78, 5) is 14.8. The summed E-state index contributed by atoms with van der Waals surface area (Å²) in [5, 5.41) is 2.38. The maximum atomic E-state index is 13.0. The van der Waals surface area contributed by atoms with E-state index in [0.717, 1.165) is 20.9 Å². The lowest BCUT2D eigenvalue weighted by Crippen LogP contribution is -1.99. The Labute approximate surface area is 136 Å². The number of aryl methyl sites for hydroxylation is 2. The lowest BCUT2D eigenvalue weighted by atomic mass is 10.1. The van der Waals surface area contributed by atoms with Crippen LogP contribution < -0.4 is 0 Å². The quantitative estimate of drug-likeness (QED) is 0.416. The van der Waals surface area contributed by atoms with E-state index in [1.54, 1.807) is 22.7 Å². The number of hydrogen-bond acceptors (Lipinski definition) is 3. The van der Waals surface area contributed by atoms with E-state index < -0.39 is 0 Å². The van der Waals surface area contributed by atoms with E-state index in [2.05, 4.69) is 38.1 Å². The summed E-state index contributed by atoms with van der Waals surface area (Å²) >= 11 is 3.21. The van der Waals surface area contributed by atoms with Crippen molar-refractivity contribution in [2.45, 2.75) is 13.8 Å². The average Bonchev–Trinajstić information content (AvgIpc) is 3.06. The number of ketones is 1. The van der Waals surface area contributed by atoms with Gasteiger partial charge in [-0.25, -0.2) is 0 Å². The molecule has 0 saturated heterocycles. The van der Waals surface area contributed by atoms with E-state index in [-0.39, 0.29) is 5.78 Å². The Morgan fingerprint density at radius 1 is 0.727 bits per heavy atom. The molecule has 0 N–H and O–H groups in total. The molecule has 4 aromatic rings. The zero-order chi connectivity index (χ0) is 15.3. The number of carbonyl (C=O) groups excluding carboxylic acids is 1. The van der Waals surface area contributed by atoms with Crippen molar-refractivity contribution >= 4 is 48.6 Å². The summed E-state index contributed by atoms with van der Waals surface area (Å²) in [7, 11) is 0. The molecule has 0 unspecified atom stereocenters. The second-order valence-corrected chi connectivity index (χ2v) is 7.54. The maximum Gasteiger partial charge on any atom is 0.213 e. The molecule has 3 heteroatoms. The Morgan fingerprint density at radius 2 is 1.14 bits per heavy atom. The molecule has 2 aromatic carbocycles. The first-order chi connectivity index (χ1) is 10.7. The Hall–Kier alpha value is -1.97. The number of benzene rings is 2. The zero-order valence-corrected chi connectivity index (χ0v) is 14.0. The normalized spacial score (nSPS) is 11.4.